The number of hydrogen-bond donors (Lipinski definition) is 2. The first-order chi connectivity index (χ1) is 11.6. The lowest BCUT2D eigenvalue weighted by atomic mass is 9.78. The van der Waals surface area contributed by atoms with Crippen molar-refractivity contribution in [2.24, 2.45) is 0 Å². The molecule has 1 amide bonds. The number of fused-ring (bicyclic) bond motifs is 1. The second-order valence-corrected chi connectivity index (χ2v) is 6.16. The Bertz CT molecular complexity index is 840. The van der Waals surface area contributed by atoms with Gasteiger partial charge in [-0.2, -0.15) is 13.2 Å². The molecule has 0 saturated carbocycles. The summed E-state index contributed by atoms with van der Waals surface area (Å²) in [5.41, 5.74) is -0.377. The summed E-state index contributed by atoms with van der Waals surface area (Å²) >= 11 is 0. The molecule has 2 N–H and O–H groups in total. The molecule has 0 bridgehead atoms. The number of hydrogen-bond acceptors (Lipinski definition) is 4. The lowest BCUT2D eigenvalue weighted by Gasteiger charge is -2.19. The van der Waals surface area contributed by atoms with Crippen LogP contribution in [0.2, 0.25) is 0 Å². The first-order valence-electron chi connectivity index (χ1n) is 7.43. The molecule has 130 valence electrons. The van der Waals surface area contributed by atoms with Gasteiger partial charge in [0.05, 0.1) is 11.2 Å². The number of rotatable bonds is 2. The molecular formula is C16H14BF3N2O3. The third-order valence-corrected chi connectivity index (χ3v) is 3.95. The van der Waals surface area contributed by atoms with Crippen molar-refractivity contribution in [2.75, 3.05) is 5.32 Å². The van der Waals surface area contributed by atoms with Crippen molar-refractivity contribution in [3.63, 3.8) is 0 Å². The van der Waals surface area contributed by atoms with Crippen LogP contribution in [0.25, 0.3) is 0 Å². The van der Waals surface area contributed by atoms with Gasteiger partial charge in [-0.15, -0.1) is 0 Å². The van der Waals surface area contributed by atoms with Crippen LogP contribution in [0.5, 0.6) is 0 Å². The maximum absolute atomic E-state index is 12.7. The normalized spacial score (nSPS) is 15.8. The van der Waals surface area contributed by atoms with E-state index in [2.05, 4.69) is 10.3 Å². The van der Waals surface area contributed by atoms with Crippen LogP contribution in [0.15, 0.2) is 36.5 Å². The molecule has 3 rings (SSSR count). The third-order valence-electron chi connectivity index (χ3n) is 3.95. The van der Waals surface area contributed by atoms with Crippen molar-refractivity contribution in [2.45, 2.75) is 25.6 Å². The summed E-state index contributed by atoms with van der Waals surface area (Å²) < 4.78 is 43.6. The quantitative estimate of drug-likeness (QED) is 0.816. The Morgan fingerprint density at radius 2 is 2.00 bits per heavy atom. The van der Waals surface area contributed by atoms with Gasteiger partial charge in [0, 0.05) is 11.9 Å². The highest BCUT2D eigenvalue weighted by atomic mass is 19.4. The first kappa shape index (κ1) is 17.4. The molecule has 1 aliphatic rings. The van der Waals surface area contributed by atoms with Gasteiger partial charge in [0.1, 0.15) is 5.69 Å². The van der Waals surface area contributed by atoms with Crippen LogP contribution in [0.3, 0.4) is 0 Å². The van der Waals surface area contributed by atoms with E-state index < -0.39 is 30.4 Å². The molecule has 5 nitrogen and oxygen atoms in total. The Kier molecular flexibility index (Phi) is 4.08. The molecule has 9 heteroatoms. The van der Waals surface area contributed by atoms with Gasteiger partial charge in [-0.05, 0) is 49.1 Å². The topological polar surface area (TPSA) is 71.5 Å². The molecule has 0 fully saturated rings. The van der Waals surface area contributed by atoms with E-state index >= 15 is 0 Å². The molecule has 0 saturated heterocycles. The van der Waals surface area contributed by atoms with E-state index in [0.717, 1.165) is 17.8 Å². The summed E-state index contributed by atoms with van der Waals surface area (Å²) in [5.74, 6) is -0.779. The van der Waals surface area contributed by atoms with Gasteiger partial charge in [-0.1, -0.05) is 6.07 Å². The SMILES string of the molecule is CC1(C)OB(O)c2cc(NC(=O)c3cc(C(F)(F)F)ccn3)ccc21. The zero-order chi connectivity index (χ0) is 18.4. The van der Waals surface area contributed by atoms with Crippen LogP contribution in [0.4, 0.5) is 18.9 Å². The summed E-state index contributed by atoms with van der Waals surface area (Å²) in [6.07, 6.45) is -3.63. The van der Waals surface area contributed by atoms with Crippen molar-refractivity contribution < 1.29 is 27.6 Å². The number of carbonyl (C=O) groups is 1. The van der Waals surface area contributed by atoms with E-state index in [-0.39, 0.29) is 5.69 Å². The van der Waals surface area contributed by atoms with E-state index in [4.69, 9.17) is 4.65 Å². The fraction of sp³-hybridized carbons (Fsp3) is 0.250. The molecule has 2 aromatic rings. The van der Waals surface area contributed by atoms with Gasteiger partial charge in [-0.3, -0.25) is 9.78 Å². The standard InChI is InChI=1S/C16H14BF3N2O3/c1-15(2)11-4-3-10(8-12(11)17(24)25-15)22-14(23)13-7-9(5-6-21-13)16(18,19)20/h3-8,24H,1-2H3,(H,22,23). The number of halogens is 3. The Labute approximate surface area is 142 Å². The van der Waals surface area contributed by atoms with Crippen LogP contribution in [0.1, 0.15) is 35.5 Å². The average Bonchev–Trinajstić information content (AvgIpc) is 2.76. The van der Waals surface area contributed by atoms with Crippen LogP contribution in [0, 0.1) is 0 Å². The van der Waals surface area contributed by atoms with Crippen molar-refractivity contribution in [3.05, 3.63) is 53.3 Å². The van der Waals surface area contributed by atoms with Crippen molar-refractivity contribution in [1.82, 2.24) is 4.98 Å². The van der Waals surface area contributed by atoms with Gasteiger partial charge in [0.25, 0.3) is 5.91 Å². The lowest BCUT2D eigenvalue weighted by Crippen LogP contribution is -2.29. The predicted octanol–water partition coefficient (Wildman–Crippen LogP) is 2.31. The predicted molar refractivity (Wildman–Crippen MR) is 85.4 cm³/mol. The molecular weight excluding hydrogens is 336 g/mol. The second-order valence-electron chi connectivity index (χ2n) is 6.16. The second kappa shape index (κ2) is 5.85. The first-order valence-corrected chi connectivity index (χ1v) is 7.43. The number of anilines is 1. The summed E-state index contributed by atoms with van der Waals surface area (Å²) in [6, 6.07) is 6.29. The lowest BCUT2D eigenvalue weighted by molar-refractivity contribution is -0.137. The van der Waals surface area contributed by atoms with Crippen molar-refractivity contribution in [1.29, 1.82) is 0 Å². The smallest absolute Gasteiger partial charge is 0.423 e. The molecule has 0 aliphatic carbocycles. The summed E-state index contributed by atoms with van der Waals surface area (Å²) in [4.78, 5) is 15.8. The molecule has 1 aromatic heterocycles. The Balaban J connectivity index is 1.84. The van der Waals surface area contributed by atoms with Crippen LogP contribution >= 0.6 is 0 Å². The van der Waals surface area contributed by atoms with Gasteiger partial charge in [0.2, 0.25) is 0 Å². The monoisotopic (exact) mass is 350 g/mol. The fourth-order valence-electron chi connectivity index (χ4n) is 2.73. The van der Waals surface area contributed by atoms with E-state index in [1.54, 1.807) is 26.0 Å². The highest BCUT2D eigenvalue weighted by molar-refractivity contribution is 6.62. The number of pyridine rings is 1. The highest BCUT2D eigenvalue weighted by Crippen LogP contribution is 2.31. The van der Waals surface area contributed by atoms with Gasteiger partial charge >= 0.3 is 13.3 Å². The maximum atomic E-state index is 12.7. The molecule has 0 unspecified atom stereocenters. The Morgan fingerprint density at radius 3 is 2.68 bits per heavy atom. The minimum atomic E-state index is -4.56. The van der Waals surface area contributed by atoms with E-state index in [0.29, 0.717) is 17.2 Å². The third kappa shape index (κ3) is 3.38. The van der Waals surface area contributed by atoms with Gasteiger partial charge in [-0.25, -0.2) is 0 Å². The van der Waals surface area contributed by atoms with Crippen LogP contribution < -0.4 is 10.8 Å². The molecule has 1 aliphatic heterocycles. The Morgan fingerprint density at radius 1 is 1.28 bits per heavy atom. The fourth-order valence-corrected chi connectivity index (χ4v) is 2.73. The molecule has 0 atom stereocenters. The van der Waals surface area contributed by atoms with Crippen LogP contribution in [-0.2, 0) is 16.4 Å². The molecule has 1 aromatic carbocycles. The van der Waals surface area contributed by atoms with E-state index in [1.165, 1.54) is 6.07 Å². The number of aromatic nitrogens is 1. The average molecular weight is 350 g/mol. The largest absolute Gasteiger partial charge is 0.492 e. The molecule has 0 radical (unpaired) electrons. The number of carbonyl (C=O) groups excluding carboxylic acids is 1. The number of nitrogens with one attached hydrogen (secondary N) is 1. The number of nitrogens with zero attached hydrogens (tertiary/aromatic N) is 1. The molecule has 0 spiro atoms. The maximum Gasteiger partial charge on any atom is 0.492 e. The number of amides is 1. The number of alkyl halides is 3. The minimum Gasteiger partial charge on any atom is -0.423 e. The molecule has 25 heavy (non-hydrogen) atoms. The van der Waals surface area contributed by atoms with Crippen molar-refractivity contribution >= 4 is 24.2 Å². The van der Waals surface area contributed by atoms with E-state index in [9.17, 15) is 23.0 Å². The van der Waals surface area contributed by atoms with Gasteiger partial charge in [0.15, 0.2) is 0 Å². The summed E-state index contributed by atoms with van der Waals surface area (Å²) in [7, 11) is -1.13. The highest BCUT2D eigenvalue weighted by Gasteiger charge is 2.40. The Hall–Kier alpha value is -2.39. The van der Waals surface area contributed by atoms with Crippen LogP contribution in [-0.4, -0.2) is 23.0 Å². The van der Waals surface area contributed by atoms with Gasteiger partial charge < -0.3 is 15.0 Å². The summed E-state index contributed by atoms with van der Waals surface area (Å²) in [5, 5.41) is 12.4. The zero-order valence-electron chi connectivity index (χ0n) is 13.4. The van der Waals surface area contributed by atoms with Crippen molar-refractivity contribution in [3.8, 4) is 0 Å². The molecule has 2 heterocycles. The van der Waals surface area contributed by atoms with E-state index in [1.807, 2.05) is 0 Å². The summed E-state index contributed by atoms with van der Waals surface area (Å²) in [6.45, 7) is 3.60. The minimum absolute atomic E-state index is 0.323. The zero-order valence-corrected chi connectivity index (χ0v) is 13.4. The number of benzene rings is 1.